The highest BCUT2D eigenvalue weighted by Crippen LogP contribution is 2.36. The van der Waals surface area contributed by atoms with Crippen LogP contribution in [-0.2, 0) is 0 Å². The fourth-order valence-electron chi connectivity index (χ4n) is 3.44. The Morgan fingerprint density at radius 3 is 2.47 bits per heavy atom. The van der Waals surface area contributed by atoms with Crippen LogP contribution in [0.1, 0.15) is 38.8 Å². The average molecular weight is 398 g/mol. The number of nitrogens with one attached hydrogen (secondary N) is 1. The molecule has 30 heavy (non-hydrogen) atoms. The lowest BCUT2D eigenvalue weighted by atomic mass is 9.95. The quantitative estimate of drug-likeness (QED) is 0.534. The minimum atomic E-state index is -1.24. The van der Waals surface area contributed by atoms with Gasteiger partial charge in [0.25, 0.3) is 0 Å². The van der Waals surface area contributed by atoms with Crippen molar-refractivity contribution in [1.82, 2.24) is 9.97 Å². The Bertz CT molecular complexity index is 1240. The van der Waals surface area contributed by atoms with Gasteiger partial charge >= 0.3 is 0 Å². The molecular weight excluding hydrogens is 378 g/mol. The number of fused-ring (bicyclic) bond motifs is 1. The molecule has 0 amide bonds. The zero-order valence-corrected chi connectivity index (χ0v) is 16.6. The number of aromatic nitrogens is 2. The average Bonchev–Trinajstić information content (AvgIpc) is 2.73. The number of phenolic OH excluding ortho intramolecular Hbond substituents is 1. The number of anilines is 1. The van der Waals surface area contributed by atoms with Gasteiger partial charge in [0.2, 0.25) is 0 Å². The summed E-state index contributed by atoms with van der Waals surface area (Å²) >= 11 is 0. The van der Waals surface area contributed by atoms with E-state index in [0.717, 1.165) is 22.2 Å². The largest absolute Gasteiger partial charge is 0.545 e. The molecule has 4 aromatic rings. The minimum absolute atomic E-state index is 0.0744. The molecule has 0 radical (unpaired) electrons. The van der Waals surface area contributed by atoms with Gasteiger partial charge in [0, 0.05) is 22.8 Å². The van der Waals surface area contributed by atoms with Crippen molar-refractivity contribution in [3.63, 3.8) is 0 Å². The highest BCUT2D eigenvalue weighted by molar-refractivity contribution is 5.87. The smallest absolute Gasteiger partial charge is 0.147 e. The molecule has 150 valence electrons. The highest BCUT2D eigenvalue weighted by atomic mass is 16.4. The zero-order chi connectivity index (χ0) is 21.3. The summed E-state index contributed by atoms with van der Waals surface area (Å²) < 4.78 is 0. The van der Waals surface area contributed by atoms with Crippen LogP contribution in [0, 0.1) is 13.8 Å². The lowest BCUT2D eigenvalue weighted by molar-refractivity contribution is -0.255. The number of phenols is 1. The van der Waals surface area contributed by atoms with E-state index in [1.165, 1.54) is 12.1 Å². The molecule has 1 unspecified atom stereocenters. The number of pyridine rings is 2. The van der Waals surface area contributed by atoms with E-state index in [1.54, 1.807) is 18.3 Å². The van der Waals surface area contributed by atoms with Crippen LogP contribution in [0.15, 0.2) is 66.9 Å². The first-order valence-electron chi connectivity index (χ1n) is 9.52. The summed E-state index contributed by atoms with van der Waals surface area (Å²) in [4.78, 5) is 20.0. The Hall–Kier alpha value is -3.93. The van der Waals surface area contributed by atoms with Crippen LogP contribution in [0.4, 0.5) is 5.82 Å². The molecule has 0 fully saturated rings. The van der Waals surface area contributed by atoms with Gasteiger partial charge in [-0.25, -0.2) is 9.97 Å². The molecule has 0 saturated heterocycles. The molecule has 2 N–H and O–H groups in total. The monoisotopic (exact) mass is 398 g/mol. The number of rotatable bonds is 5. The first-order chi connectivity index (χ1) is 14.4. The summed E-state index contributed by atoms with van der Waals surface area (Å²) in [6.45, 7) is 3.84. The second-order valence-corrected chi connectivity index (χ2v) is 7.23. The van der Waals surface area contributed by atoms with Crippen molar-refractivity contribution in [3.05, 3.63) is 94.8 Å². The predicted molar refractivity (Wildman–Crippen MR) is 113 cm³/mol. The maximum Gasteiger partial charge on any atom is 0.147 e. The number of hydrogen-bond donors (Lipinski definition) is 2. The van der Waals surface area contributed by atoms with Crippen molar-refractivity contribution in [3.8, 4) is 5.75 Å². The number of carboxylic acids is 1. The number of aromatic hydroxyl groups is 1. The van der Waals surface area contributed by atoms with E-state index in [0.29, 0.717) is 16.9 Å². The van der Waals surface area contributed by atoms with Crippen LogP contribution in [0.5, 0.6) is 5.75 Å². The van der Waals surface area contributed by atoms with Gasteiger partial charge in [-0.3, -0.25) is 0 Å². The van der Waals surface area contributed by atoms with Gasteiger partial charge < -0.3 is 20.3 Å². The molecule has 0 saturated carbocycles. The predicted octanol–water partition coefficient (Wildman–Crippen LogP) is 3.52. The molecule has 0 aliphatic rings. The zero-order valence-electron chi connectivity index (χ0n) is 16.6. The van der Waals surface area contributed by atoms with Crippen molar-refractivity contribution in [1.29, 1.82) is 0 Å². The number of nitrogens with zero attached hydrogens (tertiary/aromatic N) is 2. The van der Waals surface area contributed by atoms with Crippen molar-refractivity contribution >= 4 is 22.7 Å². The van der Waals surface area contributed by atoms with Crippen molar-refractivity contribution < 1.29 is 15.0 Å². The van der Waals surface area contributed by atoms with E-state index in [9.17, 15) is 15.0 Å². The van der Waals surface area contributed by atoms with Crippen molar-refractivity contribution in [2.24, 2.45) is 0 Å². The van der Waals surface area contributed by atoms with Crippen LogP contribution in [0.2, 0.25) is 0 Å². The normalized spacial score (nSPS) is 11.9. The Morgan fingerprint density at radius 2 is 1.77 bits per heavy atom. The second kappa shape index (κ2) is 7.83. The Kier molecular flexibility index (Phi) is 5.06. The Morgan fingerprint density at radius 1 is 1.03 bits per heavy atom. The van der Waals surface area contributed by atoms with Crippen LogP contribution in [0.25, 0.3) is 10.9 Å². The topological polar surface area (TPSA) is 98.2 Å². The molecule has 1 atom stereocenters. The first-order valence-corrected chi connectivity index (χ1v) is 9.52. The third-order valence-corrected chi connectivity index (χ3v) is 5.00. The van der Waals surface area contributed by atoms with Crippen LogP contribution in [0.3, 0.4) is 0 Å². The minimum Gasteiger partial charge on any atom is -0.545 e. The maximum absolute atomic E-state index is 11.1. The number of hydrogen-bond acceptors (Lipinski definition) is 6. The summed E-state index contributed by atoms with van der Waals surface area (Å²) in [6, 6.07) is 17.3. The van der Waals surface area contributed by atoms with Gasteiger partial charge in [-0.1, -0.05) is 42.5 Å². The van der Waals surface area contributed by atoms with E-state index in [2.05, 4.69) is 15.3 Å². The molecule has 2 aromatic heterocycles. The van der Waals surface area contributed by atoms with Gasteiger partial charge in [0.1, 0.15) is 17.1 Å². The van der Waals surface area contributed by atoms with Gasteiger partial charge in [-0.15, -0.1) is 0 Å². The Balaban J connectivity index is 1.85. The highest BCUT2D eigenvalue weighted by Gasteiger charge is 2.21. The number of carbonyl (C=O) groups excluding carboxylic acids is 1. The standard InChI is InChI=1S/C24H21N3O3/c1-14-11-12-25-20(13-14)27-21(16-5-7-18(8-6-16)24(29)30)19-10-9-17-4-3-15(2)26-22(17)23(19)28/h3-13,21,28H,1-2H3,(H,25,27)(H,29,30)/p-1. The number of carboxylic acid groups (broad SMARTS) is 1. The van der Waals surface area contributed by atoms with Gasteiger partial charge in [-0.05, 0) is 48.7 Å². The lowest BCUT2D eigenvalue weighted by Crippen LogP contribution is -2.22. The van der Waals surface area contributed by atoms with E-state index in [-0.39, 0.29) is 11.3 Å². The van der Waals surface area contributed by atoms with E-state index >= 15 is 0 Å². The van der Waals surface area contributed by atoms with E-state index in [1.807, 2.05) is 50.2 Å². The molecular formula is C24H20N3O3-. The van der Waals surface area contributed by atoms with E-state index in [4.69, 9.17) is 0 Å². The number of aromatic carboxylic acids is 1. The molecule has 4 rings (SSSR count). The van der Waals surface area contributed by atoms with Crippen LogP contribution < -0.4 is 10.4 Å². The second-order valence-electron chi connectivity index (χ2n) is 7.23. The third-order valence-electron chi connectivity index (χ3n) is 5.00. The molecule has 2 aromatic carbocycles. The number of benzene rings is 2. The van der Waals surface area contributed by atoms with Crippen molar-refractivity contribution in [2.75, 3.05) is 5.32 Å². The molecule has 6 heteroatoms. The van der Waals surface area contributed by atoms with E-state index < -0.39 is 12.0 Å². The lowest BCUT2D eigenvalue weighted by Gasteiger charge is -2.22. The molecule has 6 nitrogen and oxygen atoms in total. The number of aryl methyl sites for hydroxylation is 2. The third kappa shape index (κ3) is 3.80. The van der Waals surface area contributed by atoms with Crippen LogP contribution in [-0.4, -0.2) is 21.0 Å². The summed E-state index contributed by atoms with van der Waals surface area (Å²) in [5, 5.41) is 26.4. The molecule has 0 spiro atoms. The molecule has 0 aliphatic carbocycles. The van der Waals surface area contributed by atoms with Gasteiger partial charge in [-0.2, -0.15) is 0 Å². The van der Waals surface area contributed by atoms with Crippen molar-refractivity contribution in [2.45, 2.75) is 19.9 Å². The Labute approximate surface area is 173 Å². The van der Waals surface area contributed by atoms with Gasteiger partial charge in [0.05, 0.1) is 12.0 Å². The van der Waals surface area contributed by atoms with Gasteiger partial charge in [0.15, 0.2) is 0 Å². The number of carbonyl (C=O) groups is 1. The fraction of sp³-hybridized carbons (Fsp3) is 0.125. The fourth-order valence-corrected chi connectivity index (χ4v) is 3.44. The molecule has 0 bridgehead atoms. The van der Waals surface area contributed by atoms with Crippen LogP contribution >= 0.6 is 0 Å². The summed E-state index contributed by atoms with van der Waals surface area (Å²) in [6.07, 6.45) is 1.71. The molecule has 0 aliphatic heterocycles. The maximum atomic E-state index is 11.1. The molecule has 2 heterocycles. The first kappa shape index (κ1) is 19.4. The summed E-state index contributed by atoms with van der Waals surface area (Å²) in [7, 11) is 0. The summed E-state index contributed by atoms with van der Waals surface area (Å²) in [5.74, 6) is -0.523. The SMILES string of the molecule is Cc1ccnc(NC(c2ccc(C(=O)[O-])cc2)c2ccc3ccc(C)nc3c2O)c1. The summed E-state index contributed by atoms with van der Waals surface area (Å²) in [5.41, 5.74) is 3.83.